The summed E-state index contributed by atoms with van der Waals surface area (Å²) in [5.41, 5.74) is -0.0781. The van der Waals surface area contributed by atoms with Gasteiger partial charge in [-0.05, 0) is 127 Å². The fourth-order valence-electron chi connectivity index (χ4n) is 12.3. The van der Waals surface area contributed by atoms with Gasteiger partial charge in [0.05, 0.1) is 69.9 Å². The molecule has 0 spiro atoms. The molecule has 113 heavy (non-hydrogen) atoms. The number of carbonyl (C=O) groups is 9. The summed E-state index contributed by atoms with van der Waals surface area (Å²) in [4.78, 5) is 132. The highest BCUT2D eigenvalue weighted by molar-refractivity contribution is 6.74. The highest BCUT2D eigenvalue weighted by Gasteiger charge is 2.59. The molecule has 9 aromatic carbocycles. The number of ether oxygens (including phenoxy) is 14. The molecular formula is C87H82O25Si. The number of hydrogen-bond donors (Lipinski definition) is 1. The molecule has 3 aliphatic rings. The van der Waals surface area contributed by atoms with Crippen LogP contribution in [0.1, 0.15) is 114 Å². The van der Waals surface area contributed by atoms with Crippen LogP contribution >= 0.6 is 0 Å². The van der Waals surface area contributed by atoms with Crippen LogP contribution in [0, 0.1) is 0 Å². The van der Waals surface area contributed by atoms with Gasteiger partial charge in [-0.3, -0.25) is 0 Å². The standard InChI is InChI=1S/C87H82O25Si/c1-87(2,3)113(4,5)100-53-65-68(106-77(90)56-37-19-8-20-38-56)71(109-80(93)59-43-25-11-26-44-59)74(112-83(96)62-49-31-14-32-50-62)86(103-65)99-52-64-67(105-76(89)55-35-17-7-18-36-55)70(108-79(92)58-41-23-10-24-42-58)73(111-82(95)61-47-29-13-30-48-61)85(102-64)98-51-63-66(104-75(88)54-33-15-6-16-34-54)69(107-78(91)57-39-21-9-22-40-57)72(84(97)101-63)110-81(94)60-45-27-12-28-46-60/h6-50,63-74,84-86,97H,51-53H2,1-5H3/t63-,64-,65-,66-,67-,68-,69+,70+,71+,72+,73+,74+,84+,85+,86+/m1/s1. The van der Waals surface area contributed by atoms with E-state index in [2.05, 4.69) is 0 Å². The normalized spacial score (nSPS) is 23.5. The summed E-state index contributed by atoms with van der Waals surface area (Å²) in [6.45, 7) is 7.69. The van der Waals surface area contributed by atoms with Crippen LogP contribution in [0.15, 0.2) is 273 Å². The van der Waals surface area contributed by atoms with Crippen LogP contribution in [0.4, 0.5) is 0 Å². The average molecular weight is 1560 g/mol. The van der Waals surface area contributed by atoms with Crippen molar-refractivity contribution < 1.29 is 119 Å². The number of hydrogen-bond acceptors (Lipinski definition) is 25. The van der Waals surface area contributed by atoms with Crippen LogP contribution in [0.25, 0.3) is 0 Å². The molecule has 25 nitrogen and oxygen atoms in total. The minimum absolute atomic E-state index is 0.000750. The van der Waals surface area contributed by atoms with Crippen LogP contribution in [0.3, 0.4) is 0 Å². The highest BCUT2D eigenvalue weighted by Crippen LogP contribution is 2.40. The maximum atomic E-state index is 15.0. The third-order valence-corrected chi connectivity index (χ3v) is 23.8. The van der Waals surface area contributed by atoms with Crippen molar-refractivity contribution in [1.82, 2.24) is 0 Å². The minimum Gasteiger partial charge on any atom is -0.452 e. The first-order valence-electron chi connectivity index (χ1n) is 36.4. The van der Waals surface area contributed by atoms with Gasteiger partial charge in [-0.15, -0.1) is 0 Å². The Bertz CT molecular complexity index is 4680. The highest BCUT2D eigenvalue weighted by atomic mass is 28.4. The van der Waals surface area contributed by atoms with Gasteiger partial charge in [0, 0.05) is 0 Å². The zero-order chi connectivity index (χ0) is 79.6. The fourth-order valence-corrected chi connectivity index (χ4v) is 13.3. The molecular weight excluding hydrogens is 1470 g/mol. The van der Waals surface area contributed by atoms with E-state index in [1.54, 1.807) is 164 Å². The molecule has 9 aromatic rings. The zero-order valence-corrected chi connectivity index (χ0v) is 63.0. The third kappa shape index (κ3) is 20.5. The van der Waals surface area contributed by atoms with Gasteiger partial charge in [-0.2, -0.15) is 0 Å². The number of aliphatic hydroxyl groups is 1. The number of rotatable bonds is 27. The largest absolute Gasteiger partial charge is 0.452 e. The van der Waals surface area contributed by atoms with E-state index in [9.17, 15) is 43.5 Å². The van der Waals surface area contributed by atoms with E-state index in [4.69, 9.17) is 70.7 Å². The molecule has 0 radical (unpaired) electrons. The first-order chi connectivity index (χ1) is 54.6. The van der Waals surface area contributed by atoms with Crippen LogP contribution in [0.2, 0.25) is 18.1 Å². The summed E-state index contributed by atoms with van der Waals surface area (Å²) in [6.07, 6.45) is -28.8. The second kappa shape index (κ2) is 37.4. The van der Waals surface area contributed by atoms with Crippen LogP contribution in [-0.2, 0) is 70.7 Å². The van der Waals surface area contributed by atoms with Crippen LogP contribution in [-0.4, -0.2) is 179 Å². The summed E-state index contributed by atoms with van der Waals surface area (Å²) in [5.74, 6) is -9.17. The third-order valence-electron chi connectivity index (χ3n) is 19.3. The van der Waals surface area contributed by atoms with Crippen molar-refractivity contribution in [2.75, 3.05) is 19.8 Å². The van der Waals surface area contributed by atoms with E-state index in [0.717, 1.165) is 0 Å². The predicted octanol–water partition coefficient (Wildman–Crippen LogP) is 12.2. The van der Waals surface area contributed by atoms with Crippen molar-refractivity contribution in [2.45, 2.75) is 131 Å². The lowest BCUT2D eigenvalue weighted by Crippen LogP contribution is -2.66. The van der Waals surface area contributed by atoms with Gasteiger partial charge in [0.25, 0.3) is 0 Å². The topological polar surface area (TPSA) is 312 Å². The Morgan fingerprint density at radius 3 is 0.690 bits per heavy atom. The summed E-state index contributed by atoms with van der Waals surface area (Å²) in [6, 6.07) is 69.1. The van der Waals surface area contributed by atoms with Gasteiger partial charge in [-0.1, -0.05) is 185 Å². The second-order valence-corrected chi connectivity index (χ2v) is 32.8. The molecule has 12 rings (SSSR count). The lowest BCUT2D eigenvalue weighted by atomic mass is 9.96. The van der Waals surface area contributed by atoms with Crippen molar-refractivity contribution in [3.05, 3.63) is 323 Å². The van der Waals surface area contributed by atoms with Crippen LogP contribution < -0.4 is 0 Å². The lowest BCUT2D eigenvalue weighted by Gasteiger charge is -2.47. The molecule has 0 unspecified atom stereocenters. The lowest BCUT2D eigenvalue weighted by molar-refractivity contribution is -0.337. The van der Waals surface area contributed by atoms with Gasteiger partial charge in [0.1, 0.15) is 18.3 Å². The molecule has 0 aromatic heterocycles. The average Bonchev–Trinajstić information content (AvgIpc) is 0.779. The molecule has 3 aliphatic heterocycles. The van der Waals surface area contributed by atoms with E-state index in [1.165, 1.54) is 109 Å². The Morgan fingerprint density at radius 1 is 0.274 bits per heavy atom. The Labute approximate surface area is 651 Å². The monoisotopic (exact) mass is 1550 g/mol. The summed E-state index contributed by atoms with van der Waals surface area (Å²) < 4.78 is 97.9. The zero-order valence-electron chi connectivity index (χ0n) is 62.0. The molecule has 3 fully saturated rings. The Balaban J connectivity index is 0.994. The predicted molar refractivity (Wildman–Crippen MR) is 404 cm³/mol. The molecule has 0 bridgehead atoms. The molecule has 15 atom stereocenters. The van der Waals surface area contributed by atoms with E-state index >= 15 is 4.79 Å². The molecule has 3 saturated heterocycles. The fraction of sp³-hybridized carbons (Fsp3) is 0.276. The van der Waals surface area contributed by atoms with E-state index in [-0.39, 0.29) is 56.7 Å². The van der Waals surface area contributed by atoms with Crippen molar-refractivity contribution in [1.29, 1.82) is 0 Å². The maximum Gasteiger partial charge on any atom is 0.338 e. The van der Waals surface area contributed by atoms with Gasteiger partial charge in [0.15, 0.2) is 82.1 Å². The van der Waals surface area contributed by atoms with Crippen molar-refractivity contribution in [2.24, 2.45) is 0 Å². The maximum absolute atomic E-state index is 15.0. The Hall–Kier alpha value is -11.9. The number of benzene rings is 9. The van der Waals surface area contributed by atoms with Crippen molar-refractivity contribution >= 4 is 62.0 Å². The van der Waals surface area contributed by atoms with Gasteiger partial charge in [-0.25, -0.2) is 43.2 Å². The molecule has 26 heteroatoms. The number of esters is 9. The first-order valence-corrected chi connectivity index (χ1v) is 39.3. The van der Waals surface area contributed by atoms with Crippen molar-refractivity contribution in [3.8, 4) is 0 Å². The second-order valence-electron chi connectivity index (χ2n) is 28.0. The molecule has 0 amide bonds. The van der Waals surface area contributed by atoms with Crippen molar-refractivity contribution in [3.63, 3.8) is 0 Å². The Morgan fingerprint density at radius 2 is 0.460 bits per heavy atom. The summed E-state index contributed by atoms with van der Waals surface area (Å²) in [5, 5.41) is 11.8. The molecule has 0 saturated carbocycles. The summed E-state index contributed by atoms with van der Waals surface area (Å²) >= 11 is 0. The number of aliphatic hydroxyl groups excluding tert-OH is 1. The Kier molecular flexibility index (Phi) is 26.7. The van der Waals surface area contributed by atoms with E-state index in [1.807, 2.05) is 33.9 Å². The smallest absolute Gasteiger partial charge is 0.338 e. The van der Waals surface area contributed by atoms with Gasteiger partial charge in [0.2, 0.25) is 0 Å². The van der Waals surface area contributed by atoms with E-state index < -0.39 is 172 Å². The quantitative estimate of drug-likeness (QED) is 0.0284. The van der Waals surface area contributed by atoms with Crippen LogP contribution in [0.5, 0.6) is 0 Å². The first kappa shape index (κ1) is 80.7. The minimum atomic E-state index is -2.83. The molecule has 584 valence electrons. The molecule has 0 aliphatic carbocycles. The number of carbonyl (C=O) groups excluding carboxylic acids is 9. The SMILES string of the molecule is CC(C)(C)[Si](C)(C)OC[C@H]1O[C@H](OC[C@H]2O[C@H](OC[C@H]3O[C@H](O)[C@@H](OC(=O)c4ccccc4)[C@@H](OC(=O)c4ccccc4)[C@@H]3OC(=O)c3ccccc3)[C@@H](OC(=O)c3ccccc3)[C@@H](OC(=O)c3ccccc3)[C@@H]2OC(=O)c2ccccc2)[C@@H](OC(=O)c2ccccc2)[C@@H](OC(=O)c2ccccc2)[C@@H]1OC(=O)c1ccccc1. The summed E-state index contributed by atoms with van der Waals surface area (Å²) in [7, 11) is -2.83. The van der Waals surface area contributed by atoms with E-state index in [0.29, 0.717) is 0 Å². The van der Waals surface area contributed by atoms with Gasteiger partial charge >= 0.3 is 53.7 Å². The van der Waals surface area contributed by atoms with Gasteiger partial charge < -0.3 is 75.8 Å². The molecule has 1 N–H and O–H groups in total. The molecule has 3 heterocycles.